The van der Waals surface area contributed by atoms with E-state index in [1.807, 2.05) is 6.92 Å². The van der Waals surface area contributed by atoms with Gasteiger partial charge in [0.1, 0.15) is 5.82 Å². The van der Waals surface area contributed by atoms with Gasteiger partial charge in [-0.2, -0.15) is 18.2 Å². The van der Waals surface area contributed by atoms with Gasteiger partial charge in [0.15, 0.2) is 6.61 Å². The average molecular weight is 360 g/mol. The lowest BCUT2D eigenvalue weighted by Gasteiger charge is -2.21. The molecule has 6 nitrogen and oxygen atoms in total. The van der Waals surface area contributed by atoms with Crippen molar-refractivity contribution in [2.45, 2.75) is 32.9 Å². The first-order valence-electron chi connectivity index (χ1n) is 6.43. The zero-order valence-electron chi connectivity index (χ0n) is 12.0. The Labute approximate surface area is 130 Å². The van der Waals surface area contributed by atoms with Crippen LogP contribution in [0.3, 0.4) is 0 Å². The van der Waals surface area contributed by atoms with E-state index in [0.29, 0.717) is 12.2 Å². The number of rotatable bonds is 8. The zero-order chi connectivity index (χ0) is 16.8. The summed E-state index contributed by atoms with van der Waals surface area (Å²) in [6.07, 6.45) is -3.37. The van der Waals surface area contributed by atoms with Crippen molar-refractivity contribution in [2.75, 3.05) is 13.2 Å². The van der Waals surface area contributed by atoms with Gasteiger partial charge < -0.3 is 9.51 Å². The Morgan fingerprint density at radius 1 is 1.36 bits per heavy atom. The van der Waals surface area contributed by atoms with E-state index in [1.54, 1.807) is 0 Å². The first-order chi connectivity index (χ1) is 10.2. The molecule has 0 saturated carbocycles. The summed E-state index contributed by atoms with van der Waals surface area (Å²) in [6, 6.07) is 0.982. The molecule has 0 radical (unpaired) electrons. The third-order valence-corrected chi connectivity index (χ3v) is 4.42. The number of nitrogens with zero attached hydrogens (tertiary/aromatic N) is 1. The highest BCUT2D eigenvalue weighted by Crippen LogP contribution is 2.50. The molecule has 0 aliphatic carbocycles. The van der Waals surface area contributed by atoms with E-state index >= 15 is 0 Å². The van der Waals surface area contributed by atoms with Gasteiger partial charge in [-0.05, 0) is 13.3 Å². The van der Waals surface area contributed by atoms with Crippen LogP contribution in [0.2, 0.25) is 0 Å². The molecule has 1 unspecified atom stereocenters. The lowest BCUT2D eigenvalue weighted by molar-refractivity contribution is -0.155. The Morgan fingerprint density at radius 3 is 2.59 bits per heavy atom. The summed E-state index contributed by atoms with van der Waals surface area (Å²) in [5.41, 5.74) is -0.498. The second-order valence-electron chi connectivity index (χ2n) is 4.13. The van der Waals surface area contributed by atoms with Gasteiger partial charge in [-0.1, -0.05) is 6.92 Å². The number of hydrogen-bond acceptors (Lipinski definition) is 6. The Balaban J connectivity index is 2.94. The molecule has 1 aromatic rings. The fourth-order valence-electron chi connectivity index (χ4n) is 1.40. The number of hydrogen-bond donors (Lipinski definition) is 1. The first kappa shape index (κ1) is 19.1. The summed E-state index contributed by atoms with van der Waals surface area (Å²) < 4.78 is 51.5. The van der Waals surface area contributed by atoms with Crippen LogP contribution in [0.4, 0.5) is 13.2 Å². The van der Waals surface area contributed by atoms with Gasteiger partial charge in [0, 0.05) is 18.2 Å². The van der Waals surface area contributed by atoms with Crippen LogP contribution in [0.1, 0.15) is 26.1 Å². The van der Waals surface area contributed by atoms with Gasteiger partial charge in [-0.3, -0.25) is 13.8 Å². The molecule has 0 aliphatic heterocycles. The van der Waals surface area contributed by atoms with Crippen molar-refractivity contribution in [2.24, 2.45) is 0 Å². The predicted octanol–water partition coefficient (Wildman–Crippen LogP) is 2.94. The molecule has 0 bridgehead atoms. The zero-order valence-corrected chi connectivity index (χ0v) is 13.7. The Bertz CT molecular complexity index is 593. The SMILES string of the molecule is CCCc1nc(OP(=S)(OCC)OCC(F)(F)F)cc(=O)[nH]1. The smallest absolute Gasteiger partial charge is 0.405 e. The number of aromatic nitrogens is 2. The van der Waals surface area contributed by atoms with Crippen molar-refractivity contribution >= 4 is 18.5 Å². The molecule has 0 spiro atoms. The number of aromatic amines is 1. The molecule has 22 heavy (non-hydrogen) atoms. The highest BCUT2D eigenvalue weighted by Gasteiger charge is 2.34. The lowest BCUT2D eigenvalue weighted by Crippen LogP contribution is -2.18. The van der Waals surface area contributed by atoms with Gasteiger partial charge in [0.25, 0.3) is 5.56 Å². The van der Waals surface area contributed by atoms with Crippen LogP contribution in [-0.2, 0) is 27.3 Å². The number of alkyl halides is 3. The van der Waals surface area contributed by atoms with Crippen molar-refractivity contribution in [3.8, 4) is 5.88 Å². The summed E-state index contributed by atoms with van der Waals surface area (Å²) >= 11 is 4.89. The van der Waals surface area contributed by atoms with Crippen molar-refractivity contribution in [1.82, 2.24) is 9.97 Å². The minimum absolute atomic E-state index is 0.000142. The molecule has 126 valence electrons. The Kier molecular flexibility index (Phi) is 6.98. The van der Waals surface area contributed by atoms with Gasteiger partial charge >= 0.3 is 12.9 Å². The van der Waals surface area contributed by atoms with E-state index in [1.165, 1.54) is 6.92 Å². The van der Waals surface area contributed by atoms with Crippen molar-refractivity contribution < 1.29 is 26.7 Å². The van der Waals surface area contributed by atoms with Gasteiger partial charge in [0.05, 0.1) is 12.7 Å². The molecule has 1 heterocycles. The molecule has 1 aromatic heterocycles. The highest BCUT2D eigenvalue weighted by molar-refractivity contribution is 8.07. The van der Waals surface area contributed by atoms with Crippen molar-refractivity contribution in [1.29, 1.82) is 0 Å². The molecule has 1 rings (SSSR count). The normalized spacial score (nSPS) is 14.6. The number of halogens is 3. The third-order valence-electron chi connectivity index (χ3n) is 2.13. The molecule has 0 amide bonds. The number of nitrogens with one attached hydrogen (secondary N) is 1. The molecule has 1 atom stereocenters. The molecule has 0 aromatic carbocycles. The van der Waals surface area contributed by atoms with Crippen molar-refractivity contribution in [3.05, 3.63) is 22.2 Å². The largest absolute Gasteiger partial charge is 0.412 e. The van der Waals surface area contributed by atoms with E-state index in [-0.39, 0.29) is 12.5 Å². The van der Waals surface area contributed by atoms with Gasteiger partial charge in [-0.15, -0.1) is 0 Å². The van der Waals surface area contributed by atoms with Crippen LogP contribution in [0.15, 0.2) is 10.9 Å². The number of aryl methyl sites for hydroxylation is 1. The number of H-pyrrole nitrogens is 1. The van der Waals surface area contributed by atoms with E-state index < -0.39 is 25.1 Å². The molecule has 0 saturated heterocycles. The van der Waals surface area contributed by atoms with Crippen LogP contribution >= 0.6 is 6.72 Å². The summed E-state index contributed by atoms with van der Waals surface area (Å²) in [6.45, 7) is -1.88. The first-order valence-corrected chi connectivity index (χ1v) is 8.98. The molecule has 0 aliphatic rings. The minimum Gasteiger partial charge on any atom is -0.405 e. The molecule has 11 heteroatoms. The molecular weight excluding hydrogens is 344 g/mol. The minimum atomic E-state index is -4.57. The van der Waals surface area contributed by atoms with Gasteiger partial charge in [-0.25, -0.2) is 0 Å². The summed E-state index contributed by atoms with van der Waals surface area (Å²) in [5.74, 6) is 0.130. The predicted molar refractivity (Wildman–Crippen MR) is 77.4 cm³/mol. The summed E-state index contributed by atoms with van der Waals surface area (Å²) in [5, 5.41) is 0. The second-order valence-corrected chi connectivity index (χ2v) is 7.06. The van der Waals surface area contributed by atoms with E-state index in [2.05, 4.69) is 14.5 Å². The highest BCUT2D eigenvalue weighted by atomic mass is 32.5. The molecule has 0 fully saturated rings. The Hall–Kier alpha value is -0.960. The summed E-state index contributed by atoms with van der Waals surface area (Å²) in [7, 11) is 0. The summed E-state index contributed by atoms with van der Waals surface area (Å²) in [4.78, 5) is 18.0. The van der Waals surface area contributed by atoms with Gasteiger partial charge in [0.2, 0.25) is 5.88 Å². The monoisotopic (exact) mass is 360 g/mol. The standard InChI is InChI=1S/C11H16F3N2O4PS/c1-3-5-8-15-9(17)6-10(16-8)20-21(22,18-4-2)19-7-11(12,13)14/h6H,3-5,7H2,1-2H3,(H,15,16,17). The average Bonchev–Trinajstić information content (AvgIpc) is 2.35. The molecular formula is C11H16F3N2O4PS. The van der Waals surface area contributed by atoms with Crippen LogP contribution in [0, 0.1) is 0 Å². The topological polar surface area (TPSA) is 73.4 Å². The lowest BCUT2D eigenvalue weighted by atomic mass is 10.3. The fraction of sp³-hybridized carbons (Fsp3) is 0.636. The van der Waals surface area contributed by atoms with E-state index in [0.717, 1.165) is 12.5 Å². The van der Waals surface area contributed by atoms with Crippen LogP contribution in [0.25, 0.3) is 0 Å². The van der Waals surface area contributed by atoms with E-state index in [9.17, 15) is 18.0 Å². The Morgan fingerprint density at radius 2 is 2.05 bits per heavy atom. The third kappa shape index (κ3) is 6.87. The fourth-order valence-corrected chi connectivity index (χ4v) is 3.23. The van der Waals surface area contributed by atoms with E-state index in [4.69, 9.17) is 20.9 Å². The maximum Gasteiger partial charge on any atom is 0.412 e. The van der Waals surface area contributed by atoms with Crippen LogP contribution in [-0.4, -0.2) is 29.4 Å². The molecule has 1 N–H and O–H groups in total. The maximum absolute atomic E-state index is 12.3. The van der Waals surface area contributed by atoms with Crippen molar-refractivity contribution in [3.63, 3.8) is 0 Å². The van der Waals surface area contributed by atoms with Crippen LogP contribution < -0.4 is 10.1 Å². The van der Waals surface area contributed by atoms with Crippen LogP contribution in [0.5, 0.6) is 5.88 Å². The maximum atomic E-state index is 12.3. The second kappa shape index (κ2) is 8.05. The quantitative estimate of drug-likeness (QED) is 0.719.